The van der Waals surface area contributed by atoms with Gasteiger partial charge in [-0.15, -0.1) is 0 Å². The first-order chi connectivity index (χ1) is 5.38. The van der Waals surface area contributed by atoms with Crippen molar-refractivity contribution in [3.63, 3.8) is 0 Å². The summed E-state index contributed by atoms with van der Waals surface area (Å²) in [5, 5.41) is 0. The standard InChI is InChI=1S/C9H11BN/c1-3-5-8-6-7-10-9(8)11-4-2/h3-5H,1-2,6-7H2/b8-5-,11-9?. The fourth-order valence-electron chi connectivity index (χ4n) is 1.17. The number of nitrogens with zero attached hydrogens (tertiary/aromatic N) is 1. The molecule has 11 heavy (non-hydrogen) atoms. The molecule has 1 heterocycles. The van der Waals surface area contributed by atoms with Crippen LogP contribution in [0.15, 0.2) is 42.1 Å². The van der Waals surface area contributed by atoms with Crippen molar-refractivity contribution in [2.75, 3.05) is 0 Å². The second-order valence-corrected chi connectivity index (χ2v) is 2.37. The van der Waals surface area contributed by atoms with Gasteiger partial charge in [0.25, 0.3) is 0 Å². The molecular weight excluding hydrogens is 133 g/mol. The van der Waals surface area contributed by atoms with Crippen molar-refractivity contribution in [2.24, 2.45) is 4.99 Å². The number of allylic oxidation sites excluding steroid dienone is 3. The third-order valence-corrected chi connectivity index (χ3v) is 1.63. The third kappa shape index (κ3) is 1.94. The van der Waals surface area contributed by atoms with Crippen molar-refractivity contribution in [1.82, 2.24) is 0 Å². The van der Waals surface area contributed by atoms with E-state index in [1.54, 1.807) is 12.3 Å². The Kier molecular flexibility index (Phi) is 2.90. The van der Waals surface area contributed by atoms with E-state index >= 15 is 0 Å². The van der Waals surface area contributed by atoms with E-state index in [1.807, 2.05) is 6.08 Å². The number of hydrogen-bond acceptors (Lipinski definition) is 1. The van der Waals surface area contributed by atoms with Gasteiger partial charge >= 0.3 is 0 Å². The molecule has 1 fully saturated rings. The highest BCUT2D eigenvalue weighted by atomic mass is 14.7. The summed E-state index contributed by atoms with van der Waals surface area (Å²) < 4.78 is 0. The lowest BCUT2D eigenvalue weighted by Gasteiger charge is -1.95. The van der Waals surface area contributed by atoms with E-state index in [0.29, 0.717) is 0 Å². The van der Waals surface area contributed by atoms with Gasteiger partial charge in [-0.25, -0.2) is 0 Å². The van der Waals surface area contributed by atoms with Gasteiger partial charge in [-0.2, -0.15) is 0 Å². The van der Waals surface area contributed by atoms with Crippen molar-refractivity contribution in [3.8, 4) is 0 Å². The molecule has 1 saturated heterocycles. The van der Waals surface area contributed by atoms with Gasteiger partial charge in [-0.05, 0) is 17.6 Å². The van der Waals surface area contributed by atoms with Crippen LogP contribution in [-0.2, 0) is 0 Å². The monoisotopic (exact) mass is 144 g/mol. The van der Waals surface area contributed by atoms with Crippen LogP contribution >= 0.6 is 0 Å². The second-order valence-electron chi connectivity index (χ2n) is 2.37. The molecule has 0 bridgehead atoms. The lowest BCUT2D eigenvalue weighted by molar-refractivity contribution is 1.19. The number of rotatable bonds is 2. The minimum Gasteiger partial charge on any atom is -0.272 e. The van der Waals surface area contributed by atoms with Crippen LogP contribution in [0, 0.1) is 0 Å². The molecule has 0 aromatic heterocycles. The van der Waals surface area contributed by atoms with Gasteiger partial charge in [0, 0.05) is 6.20 Å². The molecule has 1 aliphatic heterocycles. The van der Waals surface area contributed by atoms with E-state index in [1.165, 1.54) is 5.57 Å². The largest absolute Gasteiger partial charge is 0.272 e. The van der Waals surface area contributed by atoms with Crippen molar-refractivity contribution < 1.29 is 0 Å². The van der Waals surface area contributed by atoms with Gasteiger partial charge in [0.2, 0.25) is 0 Å². The highest BCUT2D eigenvalue weighted by Gasteiger charge is 2.14. The van der Waals surface area contributed by atoms with E-state index < -0.39 is 0 Å². The Hall–Kier alpha value is -1.05. The van der Waals surface area contributed by atoms with Crippen molar-refractivity contribution >= 4 is 12.9 Å². The van der Waals surface area contributed by atoms with Crippen LogP contribution in [0.2, 0.25) is 6.32 Å². The summed E-state index contributed by atoms with van der Waals surface area (Å²) in [5.41, 5.74) is 2.32. The summed E-state index contributed by atoms with van der Waals surface area (Å²) in [7, 11) is 2.12. The Bertz CT molecular complexity index is 202. The molecule has 1 nitrogen and oxygen atoms in total. The van der Waals surface area contributed by atoms with Crippen molar-refractivity contribution in [3.05, 3.63) is 37.1 Å². The Labute approximate surface area is 68.5 Å². The van der Waals surface area contributed by atoms with Crippen LogP contribution in [-0.4, -0.2) is 12.9 Å². The molecule has 0 aromatic carbocycles. The molecular formula is C9H11BN. The zero-order valence-electron chi connectivity index (χ0n) is 6.59. The zero-order valence-corrected chi connectivity index (χ0v) is 6.59. The molecule has 0 spiro atoms. The van der Waals surface area contributed by atoms with Crippen LogP contribution in [0.4, 0.5) is 0 Å². The maximum absolute atomic E-state index is 4.13. The van der Waals surface area contributed by atoms with Gasteiger partial charge in [-0.3, -0.25) is 4.99 Å². The van der Waals surface area contributed by atoms with E-state index in [0.717, 1.165) is 18.4 Å². The Balaban J connectivity index is 2.80. The van der Waals surface area contributed by atoms with Crippen LogP contribution < -0.4 is 0 Å². The maximum atomic E-state index is 4.13. The Morgan fingerprint density at radius 1 is 1.45 bits per heavy atom. The molecule has 1 radical (unpaired) electrons. The average molecular weight is 144 g/mol. The molecule has 0 amide bonds. The summed E-state index contributed by atoms with van der Waals surface area (Å²) in [6.07, 6.45) is 7.55. The van der Waals surface area contributed by atoms with E-state index in [9.17, 15) is 0 Å². The Morgan fingerprint density at radius 2 is 2.27 bits per heavy atom. The fraction of sp³-hybridized carbons (Fsp3) is 0.222. The fourth-order valence-corrected chi connectivity index (χ4v) is 1.17. The zero-order chi connectivity index (χ0) is 8.10. The van der Waals surface area contributed by atoms with E-state index in [4.69, 9.17) is 0 Å². The highest BCUT2D eigenvalue weighted by molar-refractivity contribution is 6.80. The molecule has 0 aliphatic carbocycles. The van der Waals surface area contributed by atoms with Gasteiger partial charge in [-0.1, -0.05) is 31.6 Å². The predicted octanol–water partition coefficient (Wildman–Crippen LogP) is 2.17. The summed E-state index contributed by atoms with van der Waals surface area (Å²) in [6.45, 7) is 7.21. The molecule has 1 rings (SSSR count). The molecule has 0 atom stereocenters. The van der Waals surface area contributed by atoms with Crippen LogP contribution in [0.25, 0.3) is 0 Å². The molecule has 0 unspecified atom stereocenters. The molecule has 55 valence electrons. The minimum atomic E-state index is 1.06. The Morgan fingerprint density at radius 3 is 2.91 bits per heavy atom. The van der Waals surface area contributed by atoms with Gasteiger partial charge in [0.05, 0.1) is 0 Å². The number of aliphatic imine (C=N–C) groups is 1. The minimum absolute atomic E-state index is 1.06. The molecule has 1 aliphatic rings. The predicted molar refractivity (Wildman–Crippen MR) is 51.1 cm³/mol. The molecule has 0 aromatic rings. The highest BCUT2D eigenvalue weighted by Crippen LogP contribution is 2.16. The van der Waals surface area contributed by atoms with Gasteiger partial charge in [0.15, 0.2) is 7.28 Å². The quantitative estimate of drug-likeness (QED) is 0.526. The maximum Gasteiger partial charge on any atom is 0.178 e. The molecule has 0 N–H and O–H groups in total. The first-order valence-corrected chi connectivity index (χ1v) is 3.72. The van der Waals surface area contributed by atoms with Crippen LogP contribution in [0.5, 0.6) is 0 Å². The second kappa shape index (κ2) is 3.96. The normalized spacial score (nSPS) is 23.6. The van der Waals surface area contributed by atoms with Gasteiger partial charge < -0.3 is 0 Å². The van der Waals surface area contributed by atoms with Crippen LogP contribution in [0.3, 0.4) is 0 Å². The van der Waals surface area contributed by atoms with E-state index in [2.05, 4.69) is 25.4 Å². The smallest absolute Gasteiger partial charge is 0.178 e. The molecule has 2 heteroatoms. The summed E-state index contributed by atoms with van der Waals surface area (Å²) in [6, 6.07) is 0. The third-order valence-electron chi connectivity index (χ3n) is 1.63. The SMILES string of the molecule is C=C/C=C1/CC[B]C1=NC=C. The summed E-state index contributed by atoms with van der Waals surface area (Å²) >= 11 is 0. The first kappa shape index (κ1) is 8.06. The average Bonchev–Trinajstić information content (AvgIpc) is 2.39. The molecule has 0 saturated carbocycles. The van der Waals surface area contributed by atoms with Crippen LogP contribution in [0.1, 0.15) is 6.42 Å². The topological polar surface area (TPSA) is 12.4 Å². The van der Waals surface area contributed by atoms with Gasteiger partial charge in [0.1, 0.15) is 0 Å². The summed E-state index contributed by atoms with van der Waals surface area (Å²) in [4.78, 5) is 4.13. The van der Waals surface area contributed by atoms with Crippen molar-refractivity contribution in [2.45, 2.75) is 12.7 Å². The summed E-state index contributed by atoms with van der Waals surface area (Å²) in [5.74, 6) is 0. The van der Waals surface area contributed by atoms with E-state index in [-0.39, 0.29) is 0 Å². The first-order valence-electron chi connectivity index (χ1n) is 3.72. The lowest BCUT2D eigenvalue weighted by Crippen LogP contribution is -2.00. The van der Waals surface area contributed by atoms with Crippen molar-refractivity contribution in [1.29, 1.82) is 0 Å². The lowest BCUT2D eigenvalue weighted by atomic mass is 9.74. The number of hydrogen-bond donors (Lipinski definition) is 0.